The van der Waals surface area contributed by atoms with E-state index in [1.807, 2.05) is 6.92 Å². The van der Waals surface area contributed by atoms with Gasteiger partial charge in [-0.25, -0.2) is 12.7 Å². The second kappa shape index (κ2) is 4.81. The minimum atomic E-state index is -3.28. The molecule has 2 aliphatic rings. The molecule has 1 atom stereocenters. The lowest BCUT2D eigenvalue weighted by atomic mass is 9.85. The van der Waals surface area contributed by atoms with Crippen molar-refractivity contribution < 1.29 is 18.3 Å². The van der Waals surface area contributed by atoms with Gasteiger partial charge in [0.1, 0.15) is 0 Å². The highest BCUT2D eigenvalue weighted by Crippen LogP contribution is 2.38. The van der Waals surface area contributed by atoms with Crippen LogP contribution in [0.15, 0.2) is 0 Å². The monoisotopic (exact) mass is 275 g/mol. The van der Waals surface area contributed by atoms with E-state index in [9.17, 15) is 18.3 Å². The van der Waals surface area contributed by atoms with Crippen molar-refractivity contribution in [2.75, 3.05) is 13.1 Å². The van der Waals surface area contributed by atoms with E-state index in [0.29, 0.717) is 19.4 Å². The third-order valence-corrected chi connectivity index (χ3v) is 6.88. The second-order valence-electron chi connectivity index (χ2n) is 5.47. The van der Waals surface area contributed by atoms with Crippen molar-refractivity contribution >= 4 is 16.0 Å². The molecule has 0 amide bonds. The van der Waals surface area contributed by atoms with E-state index >= 15 is 0 Å². The van der Waals surface area contributed by atoms with E-state index in [-0.39, 0.29) is 11.8 Å². The van der Waals surface area contributed by atoms with Gasteiger partial charge in [-0.1, -0.05) is 19.8 Å². The lowest BCUT2D eigenvalue weighted by Gasteiger charge is -2.24. The summed E-state index contributed by atoms with van der Waals surface area (Å²) >= 11 is 0. The molecule has 1 aliphatic heterocycles. The second-order valence-corrected chi connectivity index (χ2v) is 7.69. The minimum Gasteiger partial charge on any atom is -0.481 e. The van der Waals surface area contributed by atoms with E-state index in [1.165, 1.54) is 4.31 Å². The van der Waals surface area contributed by atoms with Crippen LogP contribution in [0.2, 0.25) is 0 Å². The molecule has 5 nitrogen and oxygen atoms in total. The lowest BCUT2D eigenvalue weighted by molar-refractivity contribution is -0.148. The summed E-state index contributed by atoms with van der Waals surface area (Å²) < 4.78 is 26.2. The van der Waals surface area contributed by atoms with Gasteiger partial charge in [0.15, 0.2) is 0 Å². The topological polar surface area (TPSA) is 74.7 Å². The van der Waals surface area contributed by atoms with E-state index in [0.717, 1.165) is 25.7 Å². The van der Waals surface area contributed by atoms with Crippen molar-refractivity contribution in [3.8, 4) is 0 Å². The maximum absolute atomic E-state index is 12.4. The molecule has 0 aromatic carbocycles. The van der Waals surface area contributed by atoms with Gasteiger partial charge >= 0.3 is 5.97 Å². The molecule has 1 saturated heterocycles. The molecule has 0 aromatic heterocycles. The molecule has 2 rings (SSSR count). The highest BCUT2D eigenvalue weighted by molar-refractivity contribution is 7.89. The molecule has 104 valence electrons. The Hall–Kier alpha value is -0.620. The molecule has 6 heteroatoms. The van der Waals surface area contributed by atoms with Crippen molar-refractivity contribution in [2.45, 2.75) is 50.7 Å². The van der Waals surface area contributed by atoms with Crippen LogP contribution in [0.1, 0.15) is 45.4 Å². The highest BCUT2D eigenvalue weighted by atomic mass is 32.2. The van der Waals surface area contributed by atoms with Gasteiger partial charge in [-0.2, -0.15) is 0 Å². The number of sulfonamides is 1. The van der Waals surface area contributed by atoms with Crippen LogP contribution < -0.4 is 0 Å². The molecule has 2 fully saturated rings. The van der Waals surface area contributed by atoms with Gasteiger partial charge in [0, 0.05) is 13.1 Å². The van der Waals surface area contributed by atoms with Crippen molar-refractivity contribution in [3.63, 3.8) is 0 Å². The lowest BCUT2D eigenvalue weighted by Crippen LogP contribution is -2.40. The predicted octanol–water partition coefficient (Wildman–Crippen LogP) is 1.45. The smallest absolute Gasteiger partial charge is 0.311 e. The first kappa shape index (κ1) is 13.8. The molecule has 0 bridgehead atoms. The zero-order valence-corrected chi connectivity index (χ0v) is 11.6. The minimum absolute atomic E-state index is 0.150. The Morgan fingerprint density at radius 1 is 1.39 bits per heavy atom. The summed E-state index contributed by atoms with van der Waals surface area (Å²) in [5.41, 5.74) is -0.869. The molecule has 1 unspecified atom stereocenters. The number of hydrogen-bond acceptors (Lipinski definition) is 3. The highest BCUT2D eigenvalue weighted by Gasteiger charge is 2.48. The summed E-state index contributed by atoms with van der Waals surface area (Å²) in [6.45, 7) is 2.33. The van der Waals surface area contributed by atoms with Gasteiger partial charge in [0.2, 0.25) is 10.0 Å². The first-order valence-electron chi connectivity index (χ1n) is 6.65. The number of carbonyl (C=O) groups is 1. The summed E-state index contributed by atoms with van der Waals surface area (Å²) in [5.74, 6) is -0.867. The SMILES string of the molecule is CCC1(C(=O)O)CCN(S(=O)(=O)C2CCCC2)C1. The molecule has 0 radical (unpaired) electrons. The molecule has 1 aliphatic carbocycles. The first-order chi connectivity index (χ1) is 8.42. The Bertz CT molecular complexity index is 427. The van der Waals surface area contributed by atoms with Crippen molar-refractivity contribution in [1.82, 2.24) is 4.31 Å². The maximum atomic E-state index is 12.4. The van der Waals surface area contributed by atoms with Gasteiger partial charge in [-0.15, -0.1) is 0 Å². The van der Waals surface area contributed by atoms with E-state index in [1.54, 1.807) is 0 Å². The van der Waals surface area contributed by atoms with Crippen LogP contribution in [-0.4, -0.2) is 42.1 Å². The van der Waals surface area contributed by atoms with Crippen LogP contribution >= 0.6 is 0 Å². The van der Waals surface area contributed by atoms with Gasteiger partial charge in [0.25, 0.3) is 0 Å². The maximum Gasteiger partial charge on any atom is 0.311 e. The molecule has 1 heterocycles. The Morgan fingerprint density at radius 2 is 2.00 bits per heavy atom. The van der Waals surface area contributed by atoms with Crippen LogP contribution in [0, 0.1) is 5.41 Å². The van der Waals surface area contributed by atoms with Crippen LogP contribution in [0.25, 0.3) is 0 Å². The number of nitrogens with zero attached hydrogens (tertiary/aromatic N) is 1. The fourth-order valence-corrected chi connectivity index (χ4v) is 5.19. The van der Waals surface area contributed by atoms with Crippen molar-refractivity contribution in [3.05, 3.63) is 0 Å². The number of hydrogen-bond donors (Lipinski definition) is 1. The normalized spacial score (nSPS) is 30.9. The number of carboxylic acid groups (broad SMARTS) is 1. The van der Waals surface area contributed by atoms with Gasteiger partial charge in [-0.3, -0.25) is 4.79 Å². The average Bonchev–Trinajstić information content (AvgIpc) is 2.99. The van der Waals surface area contributed by atoms with Crippen LogP contribution in [-0.2, 0) is 14.8 Å². The number of carboxylic acids is 1. The Morgan fingerprint density at radius 3 is 2.44 bits per heavy atom. The van der Waals surface area contributed by atoms with Crippen LogP contribution in [0.4, 0.5) is 0 Å². The van der Waals surface area contributed by atoms with Crippen molar-refractivity contribution in [2.24, 2.45) is 5.41 Å². The third kappa shape index (κ3) is 2.16. The molecule has 0 aromatic rings. The quantitative estimate of drug-likeness (QED) is 0.842. The third-order valence-electron chi connectivity index (χ3n) is 4.53. The summed E-state index contributed by atoms with van der Waals surface area (Å²) in [4.78, 5) is 11.3. The number of aliphatic carboxylic acids is 1. The molecule has 18 heavy (non-hydrogen) atoms. The molecule has 1 N–H and O–H groups in total. The average molecular weight is 275 g/mol. The van der Waals surface area contributed by atoms with Crippen LogP contribution in [0.3, 0.4) is 0 Å². The predicted molar refractivity (Wildman–Crippen MR) is 67.7 cm³/mol. The summed E-state index contributed by atoms with van der Waals surface area (Å²) in [6, 6.07) is 0. The largest absolute Gasteiger partial charge is 0.481 e. The Balaban J connectivity index is 2.15. The zero-order chi connectivity index (χ0) is 13.4. The molecule has 1 saturated carbocycles. The zero-order valence-electron chi connectivity index (χ0n) is 10.8. The summed E-state index contributed by atoms with van der Waals surface area (Å²) in [6.07, 6.45) is 4.31. The van der Waals surface area contributed by atoms with E-state index < -0.39 is 21.4 Å². The Kier molecular flexibility index (Phi) is 3.69. The number of rotatable bonds is 4. The van der Waals surface area contributed by atoms with Gasteiger partial charge in [-0.05, 0) is 25.7 Å². The Labute approximate surface area is 108 Å². The summed E-state index contributed by atoms with van der Waals surface area (Å²) in [5, 5.41) is 9.01. The standard InChI is InChI=1S/C12H21NO4S/c1-2-12(11(14)15)7-8-13(9-12)18(16,17)10-5-3-4-6-10/h10H,2-9H2,1H3,(H,14,15). The van der Waals surface area contributed by atoms with Crippen molar-refractivity contribution in [1.29, 1.82) is 0 Å². The van der Waals surface area contributed by atoms with Crippen LogP contribution in [0.5, 0.6) is 0 Å². The van der Waals surface area contributed by atoms with E-state index in [4.69, 9.17) is 0 Å². The first-order valence-corrected chi connectivity index (χ1v) is 8.15. The fraction of sp³-hybridized carbons (Fsp3) is 0.917. The molecule has 0 spiro atoms. The van der Waals surface area contributed by atoms with E-state index in [2.05, 4.69) is 0 Å². The fourth-order valence-electron chi connectivity index (χ4n) is 3.06. The summed E-state index contributed by atoms with van der Waals surface area (Å²) in [7, 11) is -3.28. The van der Waals surface area contributed by atoms with Gasteiger partial charge in [0.05, 0.1) is 10.7 Å². The molecular formula is C12H21NO4S. The van der Waals surface area contributed by atoms with Gasteiger partial charge < -0.3 is 5.11 Å². The molecular weight excluding hydrogens is 254 g/mol.